The normalized spacial score (nSPS) is 18.1. The average molecular weight is 276 g/mol. The lowest BCUT2D eigenvalue weighted by Crippen LogP contribution is -2.10. The van der Waals surface area contributed by atoms with Gasteiger partial charge in [0.05, 0.1) is 4.88 Å². The molecule has 2 aromatic heterocycles. The van der Waals surface area contributed by atoms with E-state index in [9.17, 15) is 4.79 Å². The van der Waals surface area contributed by atoms with E-state index in [0.717, 1.165) is 23.6 Å². The first-order valence-corrected chi connectivity index (χ1v) is 7.29. The Balaban J connectivity index is 1.77. The molecule has 0 radical (unpaired) electrons. The van der Waals surface area contributed by atoms with Crippen LogP contribution in [0.5, 0.6) is 0 Å². The van der Waals surface area contributed by atoms with Crippen molar-refractivity contribution in [3.63, 3.8) is 0 Å². The first kappa shape index (κ1) is 12.4. The quantitative estimate of drug-likeness (QED) is 0.914. The molecule has 0 fully saturated rings. The van der Waals surface area contributed by atoms with Gasteiger partial charge < -0.3 is 9.84 Å². The number of aromatic nitrogens is 1. The number of hydrogen-bond acceptors (Lipinski definition) is 4. The van der Waals surface area contributed by atoms with E-state index in [1.165, 1.54) is 16.9 Å². The van der Waals surface area contributed by atoms with E-state index in [-0.39, 0.29) is 5.91 Å². The molecule has 19 heavy (non-hydrogen) atoms. The number of carbonyl (C=O) groups excluding carboxylic acids is 1. The topological polar surface area (TPSA) is 55.1 Å². The van der Waals surface area contributed by atoms with Crippen LogP contribution in [0.4, 0.5) is 5.82 Å². The molecule has 0 bridgehead atoms. The zero-order chi connectivity index (χ0) is 13.4. The van der Waals surface area contributed by atoms with E-state index in [2.05, 4.69) is 17.4 Å². The summed E-state index contributed by atoms with van der Waals surface area (Å²) in [6, 6.07) is 3.74. The Morgan fingerprint density at radius 1 is 1.53 bits per heavy atom. The third-order valence-electron chi connectivity index (χ3n) is 3.42. The number of hydrogen-bond donors (Lipinski definition) is 1. The second-order valence-corrected chi connectivity index (χ2v) is 6.32. The first-order valence-electron chi connectivity index (χ1n) is 6.48. The van der Waals surface area contributed by atoms with Crippen LogP contribution in [0.25, 0.3) is 0 Å². The van der Waals surface area contributed by atoms with Crippen molar-refractivity contribution >= 4 is 23.1 Å². The highest BCUT2D eigenvalue weighted by atomic mass is 32.1. The number of fused-ring (bicyclic) bond motifs is 1. The van der Waals surface area contributed by atoms with E-state index >= 15 is 0 Å². The molecule has 3 rings (SSSR count). The Bertz CT molecular complexity index is 615. The predicted molar refractivity (Wildman–Crippen MR) is 74.7 cm³/mol. The van der Waals surface area contributed by atoms with Crippen molar-refractivity contribution in [1.82, 2.24) is 5.16 Å². The molecule has 4 nitrogen and oxygen atoms in total. The van der Waals surface area contributed by atoms with Crippen LogP contribution in [0.2, 0.25) is 0 Å². The van der Waals surface area contributed by atoms with E-state index < -0.39 is 0 Å². The number of carbonyl (C=O) groups is 1. The van der Waals surface area contributed by atoms with Gasteiger partial charge in [0.2, 0.25) is 0 Å². The zero-order valence-corrected chi connectivity index (χ0v) is 11.8. The second-order valence-electron chi connectivity index (χ2n) is 5.18. The third-order valence-corrected chi connectivity index (χ3v) is 4.66. The van der Waals surface area contributed by atoms with Gasteiger partial charge in [0.1, 0.15) is 5.76 Å². The number of thiophene rings is 1. The van der Waals surface area contributed by atoms with Gasteiger partial charge in [-0.1, -0.05) is 12.1 Å². The molecule has 1 amide bonds. The molecule has 0 saturated carbocycles. The lowest BCUT2D eigenvalue weighted by molar-refractivity contribution is 0.102. The highest BCUT2D eigenvalue weighted by molar-refractivity contribution is 7.14. The van der Waals surface area contributed by atoms with Gasteiger partial charge in [-0.2, -0.15) is 0 Å². The van der Waals surface area contributed by atoms with Crippen molar-refractivity contribution in [2.24, 2.45) is 5.92 Å². The van der Waals surface area contributed by atoms with Crippen molar-refractivity contribution in [3.05, 3.63) is 33.2 Å². The molecule has 2 heterocycles. The maximum atomic E-state index is 12.1. The van der Waals surface area contributed by atoms with Crippen LogP contribution in [0.15, 0.2) is 16.7 Å². The van der Waals surface area contributed by atoms with Gasteiger partial charge in [0.25, 0.3) is 5.91 Å². The summed E-state index contributed by atoms with van der Waals surface area (Å²) in [7, 11) is 0. The summed E-state index contributed by atoms with van der Waals surface area (Å²) in [6.45, 7) is 4.06. The lowest BCUT2D eigenvalue weighted by atomic mass is 9.90. The minimum absolute atomic E-state index is 0.0969. The van der Waals surface area contributed by atoms with Crippen LogP contribution >= 0.6 is 11.3 Å². The van der Waals surface area contributed by atoms with E-state index in [4.69, 9.17) is 4.52 Å². The largest absolute Gasteiger partial charge is 0.360 e. The molecular weight excluding hydrogens is 260 g/mol. The molecule has 1 atom stereocenters. The van der Waals surface area contributed by atoms with E-state index in [0.29, 0.717) is 11.6 Å². The Morgan fingerprint density at radius 3 is 3.11 bits per heavy atom. The summed E-state index contributed by atoms with van der Waals surface area (Å²) < 4.78 is 4.94. The molecule has 5 heteroatoms. The minimum atomic E-state index is -0.0969. The minimum Gasteiger partial charge on any atom is -0.360 e. The molecule has 0 aliphatic heterocycles. The molecule has 0 aromatic carbocycles. The molecule has 1 aliphatic rings. The van der Waals surface area contributed by atoms with E-state index in [1.54, 1.807) is 24.3 Å². The molecule has 0 unspecified atom stereocenters. The smallest absolute Gasteiger partial charge is 0.266 e. The van der Waals surface area contributed by atoms with Gasteiger partial charge in [0, 0.05) is 10.9 Å². The fourth-order valence-corrected chi connectivity index (χ4v) is 3.52. The van der Waals surface area contributed by atoms with E-state index in [1.807, 2.05) is 6.07 Å². The number of nitrogens with zero attached hydrogens (tertiary/aromatic N) is 1. The van der Waals surface area contributed by atoms with Gasteiger partial charge in [-0.15, -0.1) is 11.3 Å². The maximum absolute atomic E-state index is 12.1. The summed E-state index contributed by atoms with van der Waals surface area (Å²) in [6.07, 6.45) is 3.40. The summed E-state index contributed by atoms with van der Waals surface area (Å²) in [5, 5.41) is 6.54. The van der Waals surface area contributed by atoms with Crippen LogP contribution in [0.3, 0.4) is 0 Å². The van der Waals surface area contributed by atoms with Crippen molar-refractivity contribution in [2.75, 3.05) is 5.32 Å². The van der Waals surface area contributed by atoms with Gasteiger partial charge in [0.15, 0.2) is 5.82 Å². The zero-order valence-electron chi connectivity index (χ0n) is 11.0. The van der Waals surface area contributed by atoms with Gasteiger partial charge in [-0.25, -0.2) is 0 Å². The standard InChI is InChI=1S/C14H16N2O2S/c1-8-3-4-11-10(5-8)7-12(19-11)14(17)15-13-6-9(2)18-16-13/h6-8H,3-5H2,1-2H3,(H,15,16,17)/t8-/m0/s1. The van der Waals surface area contributed by atoms with Crippen LogP contribution in [-0.2, 0) is 12.8 Å². The monoisotopic (exact) mass is 276 g/mol. The summed E-state index contributed by atoms with van der Waals surface area (Å²) in [5.41, 5.74) is 1.34. The molecule has 1 aliphatic carbocycles. The summed E-state index contributed by atoms with van der Waals surface area (Å²) in [5.74, 6) is 1.79. The first-order chi connectivity index (χ1) is 9.11. The number of anilines is 1. The predicted octanol–water partition coefficient (Wildman–Crippen LogP) is 3.42. The SMILES string of the molecule is Cc1cc(NC(=O)c2cc3c(s2)CC[C@H](C)C3)no1. The third kappa shape index (κ3) is 2.56. The molecule has 2 aromatic rings. The molecule has 0 saturated heterocycles. The Hall–Kier alpha value is -1.62. The van der Waals surface area contributed by atoms with Crippen LogP contribution in [0.1, 0.15) is 39.2 Å². The highest BCUT2D eigenvalue weighted by Gasteiger charge is 2.21. The molecular formula is C14H16N2O2S. The molecule has 0 spiro atoms. The fourth-order valence-electron chi connectivity index (χ4n) is 2.42. The van der Waals surface area contributed by atoms with Crippen LogP contribution in [0, 0.1) is 12.8 Å². The number of nitrogens with one attached hydrogen (secondary N) is 1. The summed E-state index contributed by atoms with van der Waals surface area (Å²) in [4.78, 5) is 14.3. The second kappa shape index (κ2) is 4.81. The number of amides is 1. The number of aryl methyl sites for hydroxylation is 2. The molecule has 1 N–H and O–H groups in total. The van der Waals surface area contributed by atoms with Crippen LogP contribution < -0.4 is 5.32 Å². The number of rotatable bonds is 2. The summed E-state index contributed by atoms with van der Waals surface area (Å²) >= 11 is 1.60. The average Bonchev–Trinajstić information content (AvgIpc) is 2.95. The lowest BCUT2D eigenvalue weighted by Gasteiger charge is -2.16. The molecule has 100 valence electrons. The van der Waals surface area contributed by atoms with Crippen LogP contribution in [-0.4, -0.2) is 11.1 Å². The van der Waals surface area contributed by atoms with Gasteiger partial charge >= 0.3 is 0 Å². The Kier molecular flexibility index (Phi) is 3.14. The fraction of sp³-hybridized carbons (Fsp3) is 0.429. The van der Waals surface area contributed by atoms with Crippen molar-refractivity contribution in [2.45, 2.75) is 33.1 Å². The Morgan fingerprint density at radius 2 is 2.37 bits per heavy atom. The van der Waals surface area contributed by atoms with Gasteiger partial charge in [-0.3, -0.25) is 4.79 Å². The van der Waals surface area contributed by atoms with Gasteiger partial charge in [-0.05, 0) is 43.7 Å². The van der Waals surface area contributed by atoms with Crippen molar-refractivity contribution < 1.29 is 9.32 Å². The van der Waals surface area contributed by atoms with Crippen molar-refractivity contribution in [1.29, 1.82) is 0 Å². The Labute approximate surface area is 115 Å². The maximum Gasteiger partial charge on any atom is 0.266 e. The highest BCUT2D eigenvalue weighted by Crippen LogP contribution is 2.32. The van der Waals surface area contributed by atoms with Crippen molar-refractivity contribution in [3.8, 4) is 0 Å².